The van der Waals surface area contributed by atoms with E-state index < -0.39 is 0 Å². The summed E-state index contributed by atoms with van der Waals surface area (Å²) >= 11 is 0. The molecule has 0 saturated carbocycles. The minimum absolute atomic E-state index is 0.139. The quantitative estimate of drug-likeness (QED) is 0.791. The predicted molar refractivity (Wildman–Crippen MR) is 104 cm³/mol. The number of carbonyl (C=O) groups excluding carboxylic acids is 1. The molecule has 0 N–H and O–H groups in total. The number of aryl methyl sites for hydroxylation is 1. The zero-order valence-corrected chi connectivity index (χ0v) is 16.8. The van der Waals surface area contributed by atoms with Gasteiger partial charge in [-0.1, -0.05) is 0 Å². The first-order valence-electron chi connectivity index (χ1n) is 10.4. The molecule has 3 saturated heterocycles. The van der Waals surface area contributed by atoms with Crippen LogP contribution in [0.15, 0.2) is 12.3 Å². The van der Waals surface area contributed by atoms with Gasteiger partial charge in [0.05, 0.1) is 13.2 Å². The number of hydrogen-bond donors (Lipinski definition) is 0. The fourth-order valence-corrected chi connectivity index (χ4v) is 5.14. The van der Waals surface area contributed by atoms with Crippen molar-refractivity contribution in [3.8, 4) is 0 Å². The molecule has 150 valence electrons. The van der Waals surface area contributed by atoms with Gasteiger partial charge < -0.3 is 14.5 Å². The van der Waals surface area contributed by atoms with Crippen molar-refractivity contribution in [3.63, 3.8) is 0 Å². The maximum Gasteiger partial charge on any atom is 0.272 e. The topological polar surface area (TPSA) is 53.8 Å². The summed E-state index contributed by atoms with van der Waals surface area (Å²) in [5.41, 5.74) is 1.11. The van der Waals surface area contributed by atoms with E-state index in [2.05, 4.69) is 21.9 Å². The Labute approximate surface area is 162 Å². The Morgan fingerprint density at radius 1 is 1.26 bits per heavy atom. The molecule has 1 atom stereocenters. The smallest absolute Gasteiger partial charge is 0.272 e. The van der Waals surface area contributed by atoms with Crippen LogP contribution in [0.3, 0.4) is 0 Å². The maximum absolute atomic E-state index is 12.9. The van der Waals surface area contributed by atoms with E-state index in [1.807, 2.05) is 17.9 Å². The van der Waals surface area contributed by atoms with Crippen LogP contribution in [-0.2, 0) is 11.3 Å². The molecular weight excluding hydrogens is 342 g/mol. The average Bonchev–Trinajstić information content (AvgIpc) is 3.27. The van der Waals surface area contributed by atoms with Crippen LogP contribution < -0.4 is 0 Å². The molecule has 0 aliphatic carbocycles. The molecule has 4 rings (SSSR count). The van der Waals surface area contributed by atoms with E-state index in [-0.39, 0.29) is 5.91 Å². The van der Waals surface area contributed by atoms with Gasteiger partial charge in [-0.2, -0.15) is 5.10 Å². The monoisotopic (exact) mass is 375 g/mol. The van der Waals surface area contributed by atoms with Crippen molar-refractivity contribution >= 4 is 5.91 Å². The van der Waals surface area contributed by atoms with Gasteiger partial charge in [-0.25, -0.2) is 0 Å². The molecule has 1 unspecified atom stereocenters. The van der Waals surface area contributed by atoms with Crippen molar-refractivity contribution in [2.24, 2.45) is 5.41 Å². The molecule has 1 aromatic rings. The fourth-order valence-electron chi connectivity index (χ4n) is 5.14. The third-order valence-corrected chi connectivity index (χ3v) is 6.80. The van der Waals surface area contributed by atoms with Crippen LogP contribution >= 0.6 is 0 Å². The summed E-state index contributed by atoms with van der Waals surface area (Å²) in [6.45, 7) is 10.7. The third-order valence-electron chi connectivity index (χ3n) is 6.80. The van der Waals surface area contributed by atoms with Crippen molar-refractivity contribution < 1.29 is 9.53 Å². The number of morpholine rings is 1. The Balaban J connectivity index is 1.33. The van der Waals surface area contributed by atoms with E-state index in [0.29, 0.717) is 11.5 Å². The van der Waals surface area contributed by atoms with Gasteiger partial charge in [-0.3, -0.25) is 14.4 Å². The van der Waals surface area contributed by atoms with Gasteiger partial charge in [0.15, 0.2) is 0 Å². The van der Waals surface area contributed by atoms with Crippen LogP contribution in [0, 0.1) is 5.41 Å². The number of piperidine rings is 1. The Morgan fingerprint density at radius 2 is 2.00 bits per heavy atom. The molecule has 4 heterocycles. The standard InChI is InChI=1S/C20H33N5O2/c1-3-25-18(4-7-21-25)19(26)24-8-5-20(6-9-24)14-17(22(2)16-20)15-23-10-12-27-13-11-23/h4,7,17H,3,5-6,8-16H2,1-2H3. The van der Waals surface area contributed by atoms with Gasteiger partial charge in [0.2, 0.25) is 0 Å². The zero-order valence-electron chi connectivity index (χ0n) is 16.8. The Kier molecular flexibility index (Phi) is 5.53. The van der Waals surface area contributed by atoms with E-state index >= 15 is 0 Å². The average molecular weight is 376 g/mol. The lowest BCUT2D eigenvalue weighted by molar-refractivity contribution is 0.0283. The lowest BCUT2D eigenvalue weighted by Gasteiger charge is -2.39. The summed E-state index contributed by atoms with van der Waals surface area (Å²) in [6.07, 6.45) is 5.21. The highest BCUT2D eigenvalue weighted by Crippen LogP contribution is 2.43. The van der Waals surface area contributed by atoms with Crippen LogP contribution in [0.1, 0.15) is 36.7 Å². The van der Waals surface area contributed by atoms with E-state index in [1.165, 1.54) is 6.42 Å². The van der Waals surface area contributed by atoms with Gasteiger partial charge in [-0.15, -0.1) is 0 Å². The van der Waals surface area contributed by atoms with Crippen LogP contribution in [0.2, 0.25) is 0 Å². The fraction of sp³-hybridized carbons (Fsp3) is 0.800. The minimum atomic E-state index is 0.139. The van der Waals surface area contributed by atoms with E-state index in [9.17, 15) is 4.79 Å². The number of hydrogen-bond acceptors (Lipinski definition) is 5. The van der Waals surface area contributed by atoms with Gasteiger partial charge in [0.25, 0.3) is 5.91 Å². The summed E-state index contributed by atoms with van der Waals surface area (Å²) in [7, 11) is 2.27. The van der Waals surface area contributed by atoms with Gasteiger partial charge >= 0.3 is 0 Å². The van der Waals surface area contributed by atoms with E-state index in [0.717, 1.165) is 77.6 Å². The largest absolute Gasteiger partial charge is 0.379 e. The van der Waals surface area contributed by atoms with Gasteiger partial charge in [-0.05, 0) is 44.7 Å². The van der Waals surface area contributed by atoms with Crippen LogP contribution in [0.4, 0.5) is 0 Å². The van der Waals surface area contributed by atoms with E-state index in [1.54, 1.807) is 10.9 Å². The summed E-state index contributed by atoms with van der Waals surface area (Å²) in [5.74, 6) is 0.139. The molecule has 0 bridgehead atoms. The number of aromatic nitrogens is 2. The van der Waals surface area contributed by atoms with Crippen molar-refractivity contribution in [2.45, 2.75) is 38.8 Å². The second-order valence-corrected chi connectivity index (χ2v) is 8.51. The summed E-state index contributed by atoms with van der Waals surface area (Å²) in [4.78, 5) is 20.0. The predicted octanol–water partition coefficient (Wildman–Crippen LogP) is 1.16. The van der Waals surface area contributed by atoms with Gasteiger partial charge in [0, 0.05) is 58.1 Å². The zero-order chi connectivity index (χ0) is 18.9. The Bertz CT molecular complexity index is 647. The van der Waals surface area contributed by atoms with Crippen molar-refractivity contribution in [2.75, 3.05) is 59.5 Å². The number of rotatable bonds is 4. The molecule has 1 amide bonds. The SMILES string of the molecule is CCn1nccc1C(=O)N1CCC2(CC1)CC(CN1CCOCC1)N(C)C2. The molecule has 1 aromatic heterocycles. The normalized spacial score (nSPS) is 26.7. The number of nitrogens with zero attached hydrogens (tertiary/aromatic N) is 5. The molecule has 3 fully saturated rings. The second kappa shape index (κ2) is 7.89. The van der Waals surface area contributed by atoms with Crippen LogP contribution in [-0.4, -0.2) is 96.0 Å². The Hall–Kier alpha value is -1.44. The molecular formula is C20H33N5O2. The molecule has 0 radical (unpaired) electrons. The van der Waals surface area contributed by atoms with Crippen molar-refractivity contribution in [1.29, 1.82) is 0 Å². The lowest BCUT2D eigenvalue weighted by atomic mass is 9.76. The molecule has 1 spiro atoms. The molecule has 3 aliphatic rings. The number of ether oxygens (including phenoxy) is 1. The first-order chi connectivity index (χ1) is 13.1. The lowest BCUT2D eigenvalue weighted by Crippen LogP contribution is -2.44. The third kappa shape index (κ3) is 3.91. The molecule has 7 heteroatoms. The Morgan fingerprint density at radius 3 is 2.70 bits per heavy atom. The molecule has 3 aliphatic heterocycles. The number of amides is 1. The minimum Gasteiger partial charge on any atom is -0.379 e. The number of carbonyl (C=O) groups is 1. The highest BCUT2D eigenvalue weighted by Gasteiger charge is 2.45. The van der Waals surface area contributed by atoms with Crippen molar-refractivity contribution in [3.05, 3.63) is 18.0 Å². The first kappa shape index (κ1) is 18.9. The van der Waals surface area contributed by atoms with Gasteiger partial charge in [0.1, 0.15) is 5.69 Å². The highest BCUT2D eigenvalue weighted by molar-refractivity contribution is 5.92. The second-order valence-electron chi connectivity index (χ2n) is 8.51. The van der Waals surface area contributed by atoms with Crippen LogP contribution in [0.5, 0.6) is 0 Å². The maximum atomic E-state index is 12.9. The molecule has 27 heavy (non-hydrogen) atoms. The summed E-state index contributed by atoms with van der Waals surface area (Å²) < 4.78 is 7.28. The van der Waals surface area contributed by atoms with Crippen LogP contribution in [0.25, 0.3) is 0 Å². The van der Waals surface area contributed by atoms with E-state index in [4.69, 9.17) is 4.74 Å². The van der Waals surface area contributed by atoms with Crippen molar-refractivity contribution in [1.82, 2.24) is 24.5 Å². The molecule has 0 aromatic carbocycles. The highest BCUT2D eigenvalue weighted by atomic mass is 16.5. The summed E-state index contributed by atoms with van der Waals surface area (Å²) in [5, 5.41) is 4.25. The molecule has 7 nitrogen and oxygen atoms in total. The number of likely N-dealkylation sites (N-methyl/N-ethyl adjacent to an activating group) is 1. The summed E-state index contributed by atoms with van der Waals surface area (Å²) in [6, 6.07) is 2.48. The first-order valence-corrected chi connectivity index (χ1v) is 10.4. The number of likely N-dealkylation sites (tertiary alicyclic amines) is 2.